The van der Waals surface area contributed by atoms with Gasteiger partial charge in [-0.2, -0.15) is 0 Å². The zero-order valence-electron chi connectivity index (χ0n) is 12.6. The number of aliphatic hydroxyl groups excluding tert-OH is 1. The summed E-state index contributed by atoms with van der Waals surface area (Å²) >= 11 is 0. The van der Waals surface area contributed by atoms with Crippen molar-refractivity contribution in [2.75, 3.05) is 13.2 Å². The predicted molar refractivity (Wildman–Crippen MR) is 73.3 cm³/mol. The Morgan fingerprint density at radius 1 is 1.33 bits per heavy atom. The number of hydrogen-bond acceptors (Lipinski definition) is 3. The molecule has 2 N–H and O–H groups in total. The highest BCUT2D eigenvalue weighted by molar-refractivity contribution is 5.77. The maximum Gasteiger partial charge on any atom is 0.246 e. The molecule has 0 aromatic carbocycles. The topological polar surface area (TPSA) is 58.6 Å². The third-order valence-electron chi connectivity index (χ3n) is 3.25. The van der Waals surface area contributed by atoms with Gasteiger partial charge < -0.3 is 15.2 Å². The van der Waals surface area contributed by atoms with Gasteiger partial charge in [-0.05, 0) is 19.3 Å². The minimum absolute atomic E-state index is 0.0862. The second kappa shape index (κ2) is 7.74. The summed E-state index contributed by atoms with van der Waals surface area (Å²) in [6, 6.07) is 0. The molecule has 4 nitrogen and oxygen atoms in total. The maximum atomic E-state index is 11.6. The average molecular weight is 259 g/mol. The molecular weight excluding hydrogens is 230 g/mol. The summed E-state index contributed by atoms with van der Waals surface area (Å²) in [6.45, 7) is 12.4. The largest absolute Gasteiger partial charge is 0.392 e. The molecule has 2 atom stereocenters. The van der Waals surface area contributed by atoms with Crippen LogP contribution in [-0.2, 0) is 9.53 Å². The van der Waals surface area contributed by atoms with Crippen molar-refractivity contribution in [3.05, 3.63) is 0 Å². The summed E-state index contributed by atoms with van der Waals surface area (Å²) < 4.78 is 5.35. The molecule has 0 bridgehead atoms. The first-order valence-electron chi connectivity index (χ1n) is 6.77. The highest BCUT2D eigenvalue weighted by Gasteiger charge is 2.30. The molecule has 4 heteroatoms. The highest BCUT2D eigenvalue weighted by Crippen LogP contribution is 2.24. The lowest BCUT2D eigenvalue weighted by atomic mass is 9.81. The van der Waals surface area contributed by atoms with Gasteiger partial charge >= 0.3 is 0 Å². The zero-order valence-corrected chi connectivity index (χ0v) is 12.6. The third kappa shape index (κ3) is 6.36. The van der Waals surface area contributed by atoms with E-state index in [1.54, 1.807) is 0 Å². The fraction of sp³-hybridized carbons (Fsp3) is 0.929. The zero-order chi connectivity index (χ0) is 14.3. The average Bonchev–Trinajstić information content (AvgIpc) is 2.32. The quantitative estimate of drug-likeness (QED) is 0.700. The van der Waals surface area contributed by atoms with Crippen LogP contribution in [-0.4, -0.2) is 36.4 Å². The van der Waals surface area contributed by atoms with Gasteiger partial charge in [-0.25, -0.2) is 0 Å². The number of carbonyl (C=O) groups excluding carboxylic acids is 1. The molecule has 0 fully saturated rings. The smallest absolute Gasteiger partial charge is 0.246 e. The van der Waals surface area contributed by atoms with E-state index in [9.17, 15) is 9.90 Å². The fourth-order valence-electron chi connectivity index (χ4n) is 1.72. The Morgan fingerprint density at radius 3 is 2.33 bits per heavy atom. The van der Waals surface area contributed by atoms with Crippen LogP contribution in [0.5, 0.6) is 0 Å². The molecule has 0 aliphatic carbocycles. The SMILES string of the molecule is CCC(C)OCC(=O)NCC(C)(C)C(O)C(C)C. The lowest BCUT2D eigenvalue weighted by Crippen LogP contribution is -2.44. The number of carbonyl (C=O) groups is 1. The van der Waals surface area contributed by atoms with E-state index in [1.165, 1.54) is 0 Å². The fourth-order valence-corrected chi connectivity index (χ4v) is 1.72. The lowest BCUT2D eigenvalue weighted by Gasteiger charge is -2.33. The molecular formula is C14H29NO3. The van der Waals surface area contributed by atoms with Crippen LogP contribution in [0, 0.1) is 11.3 Å². The summed E-state index contributed by atoms with van der Waals surface area (Å²) in [5, 5.41) is 12.9. The number of ether oxygens (including phenoxy) is 1. The van der Waals surface area contributed by atoms with Crippen LogP contribution in [0.15, 0.2) is 0 Å². The van der Waals surface area contributed by atoms with Gasteiger partial charge in [-0.15, -0.1) is 0 Å². The molecule has 0 spiro atoms. The van der Waals surface area contributed by atoms with E-state index >= 15 is 0 Å². The molecule has 108 valence electrons. The summed E-state index contributed by atoms with van der Waals surface area (Å²) in [5.41, 5.74) is -0.333. The minimum Gasteiger partial charge on any atom is -0.392 e. The Labute approximate surface area is 111 Å². The molecule has 1 amide bonds. The van der Waals surface area contributed by atoms with E-state index < -0.39 is 6.10 Å². The normalized spacial score (nSPS) is 15.6. The minimum atomic E-state index is -0.437. The summed E-state index contributed by atoms with van der Waals surface area (Å²) in [5.74, 6) is 0.0487. The van der Waals surface area contributed by atoms with Gasteiger partial charge in [0.1, 0.15) is 6.61 Å². The van der Waals surface area contributed by atoms with Crippen LogP contribution in [0.3, 0.4) is 0 Å². The molecule has 0 radical (unpaired) electrons. The number of aliphatic hydroxyl groups is 1. The lowest BCUT2D eigenvalue weighted by molar-refractivity contribution is -0.128. The van der Waals surface area contributed by atoms with Crippen LogP contribution < -0.4 is 5.32 Å². The number of amides is 1. The second-order valence-corrected chi connectivity index (χ2v) is 5.98. The molecule has 0 rings (SSSR count). The molecule has 0 saturated carbocycles. The summed E-state index contributed by atoms with van der Waals surface area (Å²) in [6.07, 6.45) is 0.559. The standard InChI is InChI=1S/C14H29NO3/c1-7-11(4)18-8-12(16)15-9-14(5,6)13(17)10(2)3/h10-11,13,17H,7-9H2,1-6H3,(H,15,16). The van der Waals surface area contributed by atoms with Gasteiger partial charge in [0.25, 0.3) is 0 Å². The van der Waals surface area contributed by atoms with Crippen LogP contribution in [0.4, 0.5) is 0 Å². The molecule has 0 saturated heterocycles. The van der Waals surface area contributed by atoms with E-state index in [1.807, 2.05) is 41.5 Å². The molecule has 0 aliphatic heterocycles. The van der Waals surface area contributed by atoms with Crippen molar-refractivity contribution in [1.29, 1.82) is 0 Å². The summed E-state index contributed by atoms with van der Waals surface area (Å²) in [4.78, 5) is 11.6. The van der Waals surface area contributed by atoms with Gasteiger partial charge in [-0.3, -0.25) is 4.79 Å². The van der Waals surface area contributed by atoms with E-state index in [0.29, 0.717) is 6.54 Å². The van der Waals surface area contributed by atoms with Crippen LogP contribution in [0.1, 0.15) is 48.0 Å². The van der Waals surface area contributed by atoms with Crippen molar-refractivity contribution in [3.8, 4) is 0 Å². The van der Waals surface area contributed by atoms with E-state index in [2.05, 4.69) is 5.32 Å². The van der Waals surface area contributed by atoms with E-state index in [-0.39, 0.29) is 30.0 Å². The van der Waals surface area contributed by atoms with Crippen molar-refractivity contribution in [1.82, 2.24) is 5.32 Å². The van der Waals surface area contributed by atoms with Crippen molar-refractivity contribution in [3.63, 3.8) is 0 Å². The van der Waals surface area contributed by atoms with Crippen molar-refractivity contribution < 1.29 is 14.6 Å². The Morgan fingerprint density at radius 2 is 1.89 bits per heavy atom. The number of rotatable bonds is 8. The number of hydrogen-bond donors (Lipinski definition) is 2. The Balaban J connectivity index is 4.04. The monoisotopic (exact) mass is 259 g/mol. The molecule has 0 aromatic rings. The molecule has 2 unspecified atom stereocenters. The van der Waals surface area contributed by atoms with Gasteiger partial charge in [0, 0.05) is 12.0 Å². The van der Waals surface area contributed by atoms with Crippen molar-refractivity contribution >= 4 is 5.91 Å². The molecule has 0 aliphatic rings. The van der Waals surface area contributed by atoms with Crippen LogP contribution in [0.25, 0.3) is 0 Å². The predicted octanol–water partition coefficient (Wildman–Crippen LogP) is 1.96. The van der Waals surface area contributed by atoms with E-state index in [0.717, 1.165) is 6.42 Å². The van der Waals surface area contributed by atoms with Gasteiger partial charge in [0.15, 0.2) is 0 Å². The van der Waals surface area contributed by atoms with Gasteiger partial charge in [0.2, 0.25) is 5.91 Å². The Bertz CT molecular complexity index is 251. The van der Waals surface area contributed by atoms with Crippen LogP contribution >= 0.6 is 0 Å². The van der Waals surface area contributed by atoms with Crippen molar-refractivity contribution in [2.45, 2.75) is 60.2 Å². The molecule has 18 heavy (non-hydrogen) atoms. The highest BCUT2D eigenvalue weighted by atomic mass is 16.5. The number of nitrogens with one attached hydrogen (secondary N) is 1. The Hall–Kier alpha value is -0.610. The first-order valence-corrected chi connectivity index (χ1v) is 6.77. The first-order chi connectivity index (χ1) is 8.20. The van der Waals surface area contributed by atoms with Gasteiger partial charge in [0.05, 0.1) is 12.2 Å². The molecule has 0 heterocycles. The van der Waals surface area contributed by atoms with Crippen LogP contribution in [0.2, 0.25) is 0 Å². The molecule has 0 aromatic heterocycles. The summed E-state index contributed by atoms with van der Waals surface area (Å²) in [7, 11) is 0. The Kier molecular flexibility index (Phi) is 7.48. The first kappa shape index (κ1) is 17.4. The third-order valence-corrected chi connectivity index (χ3v) is 3.25. The van der Waals surface area contributed by atoms with Crippen molar-refractivity contribution in [2.24, 2.45) is 11.3 Å². The second-order valence-electron chi connectivity index (χ2n) is 5.98. The van der Waals surface area contributed by atoms with Gasteiger partial charge in [-0.1, -0.05) is 34.6 Å². The van der Waals surface area contributed by atoms with E-state index in [4.69, 9.17) is 4.74 Å². The maximum absolute atomic E-state index is 11.6.